The van der Waals surface area contributed by atoms with Crippen LogP contribution in [0.1, 0.15) is 28.3 Å². The van der Waals surface area contributed by atoms with Gasteiger partial charge in [-0.25, -0.2) is 0 Å². The van der Waals surface area contributed by atoms with E-state index in [0.29, 0.717) is 34.1 Å². The molecule has 2 heterocycles. The average molecular weight is 546 g/mol. The molecule has 11 heteroatoms. The zero-order valence-electron chi connectivity index (χ0n) is 22.3. The van der Waals surface area contributed by atoms with Crippen molar-refractivity contribution in [3.8, 4) is 23.0 Å². The number of nitrogens with one attached hydrogen (secondary N) is 1. The lowest BCUT2D eigenvalue weighted by Gasteiger charge is -2.45. The van der Waals surface area contributed by atoms with E-state index in [1.54, 1.807) is 54.6 Å². The molecule has 3 aromatic rings. The number of rotatable bonds is 7. The van der Waals surface area contributed by atoms with Crippen molar-refractivity contribution in [2.24, 2.45) is 0 Å². The van der Waals surface area contributed by atoms with Gasteiger partial charge in [0, 0.05) is 12.5 Å². The number of fused-ring (bicyclic) bond motifs is 2. The van der Waals surface area contributed by atoms with Crippen LogP contribution in [0, 0.1) is 10.1 Å². The Bertz CT molecular complexity index is 1550. The van der Waals surface area contributed by atoms with Gasteiger partial charge in [0.2, 0.25) is 5.91 Å². The van der Waals surface area contributed by atoms with E-state index in [1.807, 2.05) is 0 Å². The molecule has 2 atom stereocenters. The third-order valence-corrected chi connectivity index (χ3v) is 7.14. The lowest BCUT2D eigenvalue weighted by atomic mass is 9.82. The summed E-state index contributed by atoms with van der Waals surface area (Å²) < 4.78 is 21.6. The van der Waals surface area contributed by atoms with Crippen LogP contribution in [0.2, 0.25) is 0 Å². The van der Waals surface area contributed by atoms with Gasteiger partial charge < -0.3 is 29.2 Å². The minimum atomic E-state index is -0.942. The molecule has 2 amide bonds. The van der Waals surface area contributed by atoms with Crippen molar-refractivity contribution in [1.82, 2.24) is 10.2 Å². The topological polar surface area (TPSA) is 129 Å². The predicted octanol–water partition coefficient (Wildman–Crippen LogP) is 3.64. The predicted molar refractivity (Wildman–Crippen MR) is 144 cm³/mol. The van der Waals surface area contributed by atoms with E-state index in [4.69, 9.17) is 18.9 Å². The van der Waals surface area contributed by atoms with Gasteiger partial charge in [-0.1, -0.05) is 18.2 Å². The number of nitro groups is 1. The second-order valence-electron chi connectivity index (χ2n) is 9.22. The highest BCUT2D eigenvalue weighted by Crippen LogP contribution is 2.46. The summed E-state index contributed by atoms with van der Waals surface area (Å²) in [6.45, 7) is 0. The minimum Gasteiger partial charge on any atom is -0.493 e. The van der Waals surface area contributed by atoms with E-state index in [0.717, 1.165) is 5.56 Å². The number of nitro benzene ring substituents is 1. The molecule has 5 rings (SSSR count). The van der Waals surface area contributed by atoms with Crippen LogP contribution in [-0.2, 0) is 16.0 Å². The van der Waals surface area contributed by atoms with Crippen LogP contribution in [0.5, 0.6) is 23.0 Å². The quantitative estimate of drug-likeness (QED) is 0.271. The maximum atomic E-state index is 14.1. The summed E-state index contributed by atoms with van der Waals surface area (Å²) in [5.74, 6) is 0.927. The van der Waals surface area contributed by atoms with E-state index in [2.05, 4.69) is 5.32 Å². The van der Waals surface area contributed by atoms with Crippen molar-refractivity contribution >= 4 is 23.6 Å². The molecular formula is C29H27N3O8. The Kier molecular flexibility index (Phi) is 7.03. The Morgan fingerprint density at radius 1 is 0.875 bits per heavy atom. The highest BCUT2D eigenvalue weighted by molar-refractivity contribution is 6.08. The molecule has 1 saturated heterocycles. The molecule has 0 spiro atoms. The summed E-state index contributed by atoms with van der Waals surface area (Å²) in [4.78, 5) is 40.6. The lowest BCUT2D eigenvalue weighted by molar-refractivity contribution is -0.385. The molecule has 0 saturated carbocycles. The number of nitrogens with zero attached hydrogens (tertiary/aromatic N) is 2. The van der Waals surface area contributed by atoms with Crippen molar-refractivity contribution in [2.45, 2.75) is 18.5 Å². The molecule has 1 N–H and O–H groups in total. The third kappa shape index (κ3) is 4.45. The summed E-state index contributed by atoms with van der Waals surface area (Å²) >= 11 is 0. The Hall–Kier alpha value is -5.06. The number of amides is 2. The fourth-order valence-corrected chi connectivity index (χ4v) is 5.30. The monoisotopic (exact) mass is 545 g/mol. The number of benzene rings is 3. The highest BCUT2D eigenvalue weighted by Gasteiger charge is 2.48. The molecule has 0 radical (unpaired) electrons. The van der Waals surface area contributed by atoms with Crippen LogP contribution in [0.3, 0.4) is 0 Å². The standard InChI is InChI=1S/C29H27N3O8/c1-37-23-10-9-16(12-24(23)38-2)11-20-29(34)31-22(28(33)30-20)13-17-14-25(39-3)26(40-4)15-19(17)27(31)18-7-5-6-8-21(18)32(35)36/h5-12,14-15,22,27H,13H2,1-4H3,(H,30,33)/b20-11-/t22-,27+/m1/s1. The smallest absolute Gasteiger partial charge is 0.275 e. The second-order valence-corrected chi connectivity index (χ2v) is 9.22. The number of hydrogen-bond donors (Lipinski definition) is 1. The van der Waals surface area contributed by atoms with Crippen LogP contribution < -0.4 is 24.3 Å². The number of para-hydroxylation sites is 1. The van der Waals surface area contributed by atoms with E-state index in [1.165, 1.54) is 39.4 Å². The zero-order chi connectivity index (χ0) is 28.6. The Balaban J connectivity index is 1.69. The van der Waals surface area contributed by atoms with Gasteiger partial charge in [-0.2, -0.15) is 0 Å². The van der Waals surface area contributed by atoms with E-state index in [9.17, 15) is 19.7 Å². The van der Waals surface area contributed by atoms with Crippen molar-refractivity contribution in [1.29, 1.82) is 0 Å². The van der Waals surface area contributed by atoms with Crippen LogP contribution in [0.4, 0.5) is 5.69 Å². The first-order valence-corrected chi connectivity index (χ1v) is 12.4. The molecule has 11 nitrogen and oxygen atoms in total. The SMILES string of the molecule is COc1ccc(/C=C2\NC(=O)[C@H]3Cc4cc(OC)c(OC)cc4[C@H](c4ccccc4[N+](=O)[O-])N3C2=O)cc1OC. The van der Waals surface area contributed by atoms with Gasteiger partial charge in [0.1, 0.15) is 11.7 Å². The van der Waals surface area contributed by atoms with Crippen LogP contribution in [-0.4, -0.2) is 56.1 Å². The van der Waals surface area contributed by atoms with Gasteiger partial charge in [0.05, 0.1) is 45.0 Å². The maximum Gasteiger partial charge on any atom is 0.275 e. The zero-order valence-corrected chi connectivity index (χ0v) is 22.3. The molecule has 2 aliphatic rings. The molecule has 0 bridgehead atoms. The molecule has 40 heavy (non-hydrogen) atoms. The summed E-state index contributed by atoms with van der Waals surface area (Å²) in [6.07, 6.45) is 1.73. The van der Waals surface area contributed by atoms with Gasteiger partial charge >= 0.3 is 0 Å². The number of carbonyl (C=O) groups excluding carboxylic acids is 2. The first kappa shape index (κ1) is 26.5. The number of methoxy groups -OCH3 is 4. The molecular weight excluding hydrogens is 518 g/mol. The molecule has 3 aromatic carbocycles. The number of ether oxygens (including phenoxy) is 4. The maximum absolute atomic E-state index is 14.1. The van der Waals surface area contributed by atoms with Gasteiger partial charge in [-0.15, -0.1) is 0 Å². The first-order chi connectivity index (χ1) is 19.3. The highest BCUT2D eigenvalue weighted by atomic mass is 16.6. The van der Waals surface area contributed by atoms with Crippen LogP contribution >= 0.6 is 0 Å². The Morgan fingerprint density at radius 2 is 1.52 bits per heavy atom. The largest absolute Gasteiger partial charge is 0.493 e. The first-order valence-electron chi connectivity index (χ1n) is 12.4. The number of piperazine rings is 1. The Labute approximate surface area is 230 Å². The summed E-state index contributed by atoms with van der Waals surface area (Å²) in [6, 6.07) is 12.9. The summed E-state index contributed by atoms with van der Waals surface area (Å²) in [5.41, 5.74) is 2.05. The molecule has 0 aromatic heterocycles. The van der Waals surface area contributed by atoms with Crippen molar-refractivity contribution in [3.05, 3.63) is 92.7 Å². The lowest BCUT2D eigenvalue weighted by Crippen LogP contribution is -2.60. The van der Waals surface area contributed by atoms with E-state index >= 15 is 0 Å². The van der Waals surface area contributed by atoms with Crippen molar-refractivity contribution < 1.29 is 33.5 Å². The minimum absolute atomic E-state index is 0.0287. The average Bonchev–Trinajstić information content (AvgIpc) is 2.97. The van der Waals surface area contributed by atoms with E-state index in [-0.39, 0.29) is 23.4 Å². The fraction of sp³-hybridized carbons (Fsp3) is 0.241. The molecule has 1 fully saturated rings. The van der Waals surface area contributed by atoms with Gasteiger partial charge in [0.15, 0.2) is 23.0 Å². The molecule has 0 unspecified atom stereocenters. The second kappa shape index (κ2) is 10.6. The van der Waals surface area contributed by atoms with Crippen molar-refractivity contribution in [3.63, 3.8) is 0 Å². The number of carbonyl (C=O) groups is 2. The normalized spacial score (nSPS) is 18.9. The fourth-order valence-electron chi connectivity index (χ4n) is 5.30. The van der Waals surface area contributed by atoms with Gasteiger partial charge in [-0.3, -0.25) is 19.7 Å². The van der Waals surface area contributed by atoms with Crippen molar-refractivity contribution in [2.75, 3.05) is 28.4 Å². The summed E-state index contributed by atoms with van der Waals surface area (Å²) in [7, 11) is 6.00. The summed E-state index contributed by atoms with van der Waals surface area (Å²) in [5, 5.41) is 14.8. The molecule has 206 valence electrons. The van der Waals surface area contributed by atoms with Crippen LogP contribution in [0.25, 0.3) is 6.08 Å². The van der Waals surface area contributed by atoms with Crippen LogP contribution in [0.15, 0.2) is 60.3 Å². The molecule has 2 aliphatic heterocycles. The third-order valence-electron chi connectivity index (χ3n) is 7.14. The van der Waals surface area contributed by atoms with Gasteiger partial charge in [-0.05, 0) is 53.1 Å². The Morgan fingerprint density at radius 3 is 2.20 bits per heavy atom. The molecule has 0 aliphatic carbocycles. The van der Waals surface area contributed by atoms with E-state index < -0.39 is 28.8 Å². The van der Waals surface area contributed by atoms with Gasteiger partial charge in [0.25, 0.3) is 11.6 Å². The number of hydrogen-bond acceptors (Lipinski definition) is 8.